The summed E-state index contributed by atoms with van der Waals surface area (Å²) < 4.78 is 5.72. The zero-order chi connectivity index (χ0) is 21.7. The maximum absolute atomic E-state index is 13.2. The number of imide groups is 1. The lowest BCUT2D eigenvalue weighted by Gasteiger charge is -2.21. The average Bonchev–Trinajstić information content (AvgIpc) is 2.97. The van der Waals surface area contributed by atoms with Gasteiger partial charge in [-0.25, -0.2) is 0 Å². The van der Waals surface area contributed by atoms with Crippen molar-refractivity contribution >= 4 is 17.4 Å². The molecule has 30 heavy (non-hydrogen) atoms. The Hall–Kier alpha value is -3.08. The van der Waals surface area contributed by atoms with Crippen molar-refractivity contribution in [2.24, 2.45) is 0 Å². The quantitative estimate of drug-likeness (QED) is 0.576. The van der Waals surface area contributed by atoms with Crippen molar-refractivity contribution in [3.8, 4) is 5.75 Å². The number of carbonyl (C=O) groups excluding carboxylic acids is 2. The zero-order valence-corrected chi connectivity index (χ0v) is 18.2. The van der Waals surface area contributed by atoms with Crippen LogP contribution in [0.3, 0.4) is 0 Å². The van der Waals surface area contributed by atoms with Crippen molar-refractivity contribution in [1.29, 1.82) is 0 Å². The van der Waals surface area contributed by atoms with Gasteiger partial charge in [-0.05, 0) is 43.5 Å². The molecule has 0 spiro atoms. The Bertz CT molecular complexity index is 917. The van der Waals surface area contributed by atoms with Crippen LogP contribution in [0, 0.1) is 0 Å². The van der Waals surface area contributed by atoms with Crippen molar-refractivity contribution < 1.29 is 14.3 Å². The molecule has 0 unspecified atom stereocenters. The Morgan fingerprint density at radius 3 is 2.23 bits per heavy atom. The van der Waals surface area contributed by atoms with Crippen LogP contribution < -0.4 is 4.74 Å². The van der Waals surface area contributed by atoms with Gasteiger partial charge in [-0.3, -0.25) is 14.5 Å². The Morgan fingerprint density at radius 1 is 0.967 bits per heavy atom. The van der Waals surface area contributed by atoms with Crippen LogP contribution in [0.2, 0.25) is 0 Å². The molecule has 0 saturated carbocycles. The molecule has 0 N–H and O–H groups in total. The van der Waals surface area contributed by atoms with Crippen LogP contribution in [0.15, 0.2) is 60.3 Å². The Morgan fingerprint density at radius 2 is 1.63 bits per heavy atom. The van der Waals surface area contributed by atoms with Crippen molar-refractivity contribution in [3.05, 3.63) is 71.4 Å². The maximum Gasteiger partial charge on any atom is 0.277 e. The molecule has 5 heteroatoms. The molecular formula is C25H30N2O3. The molecule has 3 rings (SSSR count). The lowest BCUT2D eigenvalue weighted by molar-refractivity contribution is -0.137. The number of hydrogen-bond donors (Lipinski definition) is 0. The normalized spacial score (nSPS) is 14.1. The van der Waals surface area contributed by atoms with E-state index in [0.29, 0.717) is 24.4 Å². The van der Waals surface area contributed by atoms with Crippen molar-refractivity contribution in [1.82, 2.24) is 9.80 Å². The second-order valence-corrected chi connectivity index (χ2v) is 7.87. The van der Waals surface area contributed by atoms with Gasteiger partial charge in [0.1, 0.15) is 11.4 Å². The molecule has 1 heterocycles. The van der Waals surface area contributed by atoms with E-state index >= 15 is 0 Å². The van der Waals surface area contributed by atoms with Crippen molar-refractivity contribution in [2.45, 2.75) is 46.3 Å². The minimum Gasteiger partial charge on any atom is -0.491 e. The first-order valence-corrected chi connectivity index (χ1v) is 10.5. The first kappa shape index (κ1) is 21.6. The smallest absolute Gasteiger partial charge is 0.277 e. The third-order valence-electron chi connectivity index (χ3n) is 5.04. The molecule has 0 bridgehead atoms. The summed E-state index contributed by atoms with van der Waals surface area (Å²) in [5.74, 6) is 0.304. The summed E-state index contributed by atoms with van der Waals surface area (Å²) >= 11 is 0. The van der Waals surface area contributed by atoms with E-state index in [9.17, 15) is 9.59 Å². The van der Waals surface area contributed by atoms with Gasteiger partial charge in [0.15, 0.2) is 0 Å². The summed E-state index contributed by atoms with van der Waals surface area (Å²) in [6, 6.07) is 17.4. The largest absolute Gasteiger partial charge is 0.491 e. The number of carbonyl (C=O) groups is 2. The van der Waals surface area contributed by atoms with Gasteiger partial charge in [-0.15, -0.1) is 0 Å². The van der Waals surface area contributed by atoms with E-state index in [2.05, 4.69) is 6.92 Å². The predicted molar refractivity (Wildman–Crippen MR) is 119 cm³/mol. The van der Waals surface area contributed by atoms with Gasteiger partial charge in [-0.1, -0.05) is 55.8 Å². The number of benzene rings is 2. The molecule has 2 aromatic carbocycles. The second kappa shape index (κ2) is 9.61. The highest BCUT2D eigenvalue weighted by atomic mass is 16.5. The Kier molecular flexibility index (Phi) is 6.93. The molecule has 2 amide bonds. The van der Waals surface area contributed by atoms with Crippen LogP contribution in [-0.4, -0.2) is 41.3 Å². The van der Waals surface area contributed by atoms with Gasteiger partial charge in [0, 0.05) is 20.1 Å². The second-order valence-electron chi connectivity index (χ2n) is 7.87. The van der Waals surface area contributed by atoms with Crippen LogP contribution in [0.1, 0.15) is 44.7 Å². The third-order valence-corrected chi connectivity index (χ3v) is 5.04. The Balaban J connectivity index is 1.97. The monoisotopic (exact) mass is 406 g/mol. The van der Waals surface area contributed by atoms with Crippen LogP contribution in [0.5, 0.6) is 5.75 Å². The molecule has 0 atom stereocenters. The molecule has 0 saturated heterocycles. The van der Waals surface area contributed by atoms with Crippen LogP contribution in [-0.2, 0) is 16.1 Å². The summed E-state index contributed by atoms with van der Waals surface area (Å²) in [5, 5.41) is 0. The molecule has 1 aliphatic rings. The van der Waals surface area contributed by atoms with Crippen molar-refractivity contribution in [3.63, 3.8) is 0 Å². The summed E-state index contributed by atoms with van der Waals surface area (Å²) in [6.45, 7) is 6.98. The first-order chi connectivity index (χ1) is 14.4. The number of amides is 2. The minimum atomic E-state index is -0.221. The number of hydrogen-bond acceptors (Lipinski definition) is 4. The van der Waals surface area contributed by atoms with Crippen molar-refractivity contribution in [2.75, 3.05) is 13.6 Å². The van der Waals surface area contributed by atoms with E-state index in [4.69, 9.17) is 4.74 Å². The molecule has 0 aromatic heterocycles. The summed E-state index contributed by atoms with van der Waals surface area (Å²) in [5.41, 5.74) is 2.74. The van der Waals surface area contributed by atoms with Gasteiger partial charge in [-0.2, -0.15) is 0 Å². The van der Waals surface area contributed by atoms with E-state index in [0.717, 1.165) is 29.7 Å². The predicted octanol–water partition coefficient (Wildman–Crippen LogP) is 4.49. The van der Waals surface area contributed by atoms with E-state index in [-0.39, 0.29) is 17.9 Å². The maximum atomic E-state index is 13.2. The van der Waals surface area contributed by atoms with Gasteiger partial charge in [0.25, 0.3) is 11.8 Å². The Labute approximate surface area is 178 Å². The standard InChI is InChI=1S/C25H30N2O3/c1-5-6-16-27-24(28)22(20-12-14-21(15-13-20)30-18(2)3)23(25(27)29)26(4)17-19-10-8-7-9-11-19/h7-15,18H,5-6,16-17H2,1-4H3. The highest BCUT2D eigenvalue weighted by molar-refractivity contribution is 6.35. The van der Waals surface area contributed by atoms with Crippen LogP contribution >= 0.6 is 0 Å². The fourth-order valence-corrected chi connectivity index (χ4v) is 3.61. The van der Waals surface area contributed by atoms with Crippen LogP contribution in [0.25, 0.3) is 5.57 Å². The fraction of sp³-hybridized carbons (Fsp3) is 0.360. The number of unbranched alkanes of at least 4 members (excludes halogenated alkanes) is 1. The van der Waals surface area contributed by atoms with E-state index in [1.807, 2.05) is 80.4 Å². The zero-order valence-electron chi connectivity index (χ0n) is 18.2. The fourth-order valence-electron chi connectivity index (χ4n) is 3.61. The molecular weight excluding hydrogens is 376 g/mol. The third kappa shape index (κ3) is 4.73. The van der Waals surface area contributed by atoms with E-state index < -0.39 is 0 Å². The SMILES string of the molecule is CCCCN1C(=O)C(c2ccc(OC(C)C)cc2)=C(N(C)Cc2ccccc2)C1=O. The van der Waals surface area contributed by atoms with Gasteiger partial charge >= 0.3 is 0 Å². The number of likely N-dealkylation sites (N-methyl/N-ethyl adjacent to an activating group) is 1. The van der Waals surface area contributed by atoms with Gasteiger partial charge < -0.3 is 9.64 Å². The molecule has 0 aliphatic carbocycles. The molecule has 158 valence electrons. The lowest BCUT2D eigenvalue weighted by atomic mass is 10.0. The highest BCUT2D eigenvalue weighted by Gasteiger charge is 2.40. The molecule has 0 radical (unpaired) electrons. The number of nitrogens with zero attached hydrogens (tertiary/aromatic N) is 2. The van der Waals surface area contributed by atoms with Gasteiger partial charge in [0.2, 0.25) is 0 Å². The molecule has 0 fully saturated rings. The summed E-state index contributed by atoms with van der Waals surface area (Å²) in [4.78, 5) is 29.7. The number of ether oxygens (including phenoxy) is 1. The lowest BCUT2D eigenvalue weighted by Crippen LogP contribution is -2.34. The highest BCUT2D eigenvalue weighted by Crippen LogP contribution is 2.33. The first-order valence-electron chi connectivity index (χ1n) is 10.5. The number of rotatable bonds is 9. The van der Waals surface area contributed by atoms with Crippen LogP contribution in [0.4, 0.5) is 0 Å². The summed E-state index contributed by atoms with van der Waals surface area (Å²) in [6.07, 6.45) is 1.78. The minimum absolute atomic E-state index is 0.0712. The average molecular weight is 407 g/mol. The molecule has 5 nitrogen and oxygen atoms in total. The van der Waals surface area contributed by atoms with Gasteiger partial charge in [0.05, 0.1) is 11.7 Å². The topological polar surface area (TPSA) is 49.9 Å². The summed E-state index contributed by atoms with van der Waals surface area (Å²) in [7, 11) is 1.87. The van der Waals surface area contributed by atoms with E-state index in [1.165, 1.54) is 4.90 Å². The van der Waals surface area contributed by atoms with E-state index in [1.54, 1.807) is 0 Å². The molecule has 2 aromatic rings. The molecule has 1 aliphatic heterocycles.